The molecule has 0 atom stereocenters. The number of para-hydroxylation sites is 2. The summed E-state index contributed by atoms with van der Waals surface area (Å²) in [6.07, 6.45) is 2.99. The SMILES string of the molecule is O=C(NN=Cc1ccco1)c1ccccc1Nc1ccccc1. The Labute approximate surface area is 133 Å². The van der Waals surface area contributed by atoms with Crippen molar-refractivity contribution in [3.05, 3.63) is 84.3 Å². The first kappa shape index (κ1) is 14.6. The predicted molar refractivity (Wildman–Crippen MR) is 89.9 cm³/mol. The van der Waals surface area contributed by atoms with Gasteiger partial charge in [-0.05, 0) is 36.4 Å². The van der Waals surface area contributed by atoms with E-state index in [9.17, 15) is 4.79 Å². The van der Waals surface area contributed by atoms with Crippen LogP contribution in [-0.2, 0) is 0 Å². The molecule has 1 heterocycles. The Kier molecular flexibility index (Phi) is 4.49. The van der Waals surface area contributed by atoms with Crippen molar-refractivity contribution in [3.8, 4) is 0 Å². The Morgan fingerprint density at radius 3 is 2.52 bits per heavy atom. The molecular weight excluding hydrogens is 290 g/mol. The number of anilines is 2. The second kappa shape index (κ2) is 7.09. The van der Waals surface area contributed by atoms with Gasteiger partial charge in [0.2, 0.25) is 0 Å². The van der Waals surface area contributed by atoms with Crippen LogP contribution in [0, 0.1) is 0 Å². The second-order valence-electron chi connectivity index (χ2n) is 4.75. The van der Waals surface area contributed by atoms with Gasteiger partial charge in [0.1, 0.15) is 5.76 Å². The number of hydrogen-bond donors (Lipinski definition) is 2. The number of furan rings is 1. The summed E-state index contributed by atoms with van der Waals surface area (Å²) in [4.78, 5) is 12.3. The molecule has 114 valence electrons. The van der Waals surface area contributed by atoms with E-state index in [1.54, 1.807) is 30.5 Å². The van der Waals surface area contributed by atoms with E-state index < -0.39 is 0 Å². The van der Waals surface area contributed by atoms with Crippen molar-refractivity contribution in [2.75, 3.05) is 5.32 Å². The Bertz CT molecular complexity index is 796. The van der Waals surface area contributed by atoms with Gasteiger partial charge in [-0.25, -0.2) is 5.43 Å². The summed E-state index contributed by atoms with van der Waals surface area (Å²) in [5.74, 6) is 0.271. The zero-order valence-corrected chi connectivity index (χ0v) is 12.3. The molecule has 0 unspecified atom stereocenters. The van der Waals surface area contributed by atoms with Gasteiger partial charge in [0.15, 0.2) is 0 Å². The maximum atomic E-state index is 12.3. The molecular formula is C18H15N3O2. The van der Waals surface area contributed by atoms with Gasteiger partial charge in [0, 0.05) is 5.69 Å². The van der Waals surface area contributed by atoms with E-state index in [1.807, 2.05) is 42.5 Å². The second-order valence-corrected chi connectivity index (χ2v) is 4.75. The number of hydrogen-bond acceptors (Lipinski definition) is 4. The maximum absolute atomic E-state index is 12.3. The molecule has 2 aromatic carbocycles. The summed E-state index contributed by atoms with van der Waals surface area (Å²) in [5.41, 5.74) is 4.62. The molecule has 0 aliphatic rings. The third kappa shape index (κ3) is 3.85. The van der Waals surface area contributed by atoms with Gasteiger partial charge < -0.3 is 9.73 Å². The van der Waals surface area contributed by atoms with Crippen molar-refractivity contribution in [2.24, 2.45) is 5.10 Å². The molecule has 23 heavy (non-hydrogen) atoms. The van der Waals surface area contributed by atoms with Gasteiger partial charge in [-0.15, -0.1) is 0 Å². The molecule has 2 N–H and O–H groups in total. The highest BCUT2D eigenvalue weighted by molar-refractivity contribution is 6.00. The minimum atomic E-state index is -0.299. The normalized spacial score (nSPS) is 10.6. The Morgan fingerprint density at radius 2 is 1.74 bits per heavy atom. The average molecular weight is 305 g/mol. The number of amides is 1. The summed E-state index contributed by atoms with van der Waals surface area (Å²) in [5, 5.41) is 7.12. The van der Waals surface area contributed by atoms with Gasteiger partial charge in [-0.3, -0.25) is 4.79 Å². The third-order valence-corrected chi connectivity index (χ3v) is 3.13. The first-order valence-electron chi connectivity index (χ1n) is 7.11. The van der Waals surface area contributed by atoms with E-state index in [0.717, 1.165) is 5.69 Å². The lowest BCUT2D eigenvalue weighted by Crippen LogP contribution is -2.18. The molecule has 5 heteroatoms. The lowest BCUT2D eigenvalue weighted by atomic mass is 10.1. The first-order valence-corrected chi connectivity index (χ1v) is 7.11. The first-order chi connectivity index (χ1) is 11.3. The van der Waals surface area contributed by atoms with Crippen molar-refractivity contribution in [3.63, 3.8) is 0 Å². The summed E-state index contributed by atoms with van der Waals surface area (Å²) < 4.78 is 5.11. The zero-order chi connectivity index (χ0) is 15.9. The lowest BCUT2D eigenvalue weighted by Gasteiger charge is -2.10. The molecule has 0 aliphatic carbocycles. The molecule has 1 amide bonds. The van der Waals surface area contributed by atoms with Crippen LogP contribution in [0.1, 0.15) is 16.1 Å². The number of benzene rings is 2. The molecule has 0 fully saturated rings. The standard InChI is InChI=1S/C18H15N3O2/c22-18(21-19-13-15-9-6-12-23-15)16-10-4-5-11-17(16)20-14-7-2-1-3-8-14/h1-13,20H,(H,21,22). The van der Waals surface area contributed by atoms with Gasteiger partial charge in [-0.2, -0.15) is 5.10 Å². The molecule has 0 radical (unpaired) electrons. The van der Waals surface area contributed by atoms with E-state index in [1.165, 1.54) is 6.21 Å². The molecule has 1 aromatic heterocycles. The van der Waals surface area contributed by atoms with Crippen molar-refractivity contribution < 1.29 is 9.21 Å². The van der Waals surface area contributed by atoms with Gasteiger partial charge >= 0.3 is 0 Å². The number of nitrogens with zero attached hydrogens (tertiary/aromatic N) is 1. The van der Waals surface area contributed by atoms with Crippen LogP contribution in [0.2, 0.25) is 0 Å². The molecule has 0 saturated heterocycles. The Morgan fingerprint density at radius 1 is 0.957 bits per heavy atom. The Hall–Kier alpha value is -3.34. The average Bonchev–Trinajstić information content (AvgIpc) is 3.09. The summed E-state index contributed by atoms with van der Waals surface area (Å²) in [7, 11) is 0. The number of carbonyl (C=O) groups is 1. The maximum Gasteiger partial charge on any atom is 0.273 e. The Balaban J connectivity index is 1.73. The fourth-order valence-electron chi connectivity index (χ4n) is 2.05. The van der Waals surface area contributed by atoms with Crippen LogP contribution in [0.4, 0.5) is 11.4 Å². The van der Waals surface area contributed by atoms with E-state index in [0.29, 0.717) is 17.0 Å². The highest BCUT2D eigenvalue weighted by Crippen LogP contribution is 2.20. The van der Waals surface area contributed by atoms with Crippen molar-refractivity contribution in [2.45, 2.75) is 0 Å². The van der Waals surface area contributed by atoms with Crippen LogP contribution in [0.5, 0.6) is 0 Å². The highest BCUT2D eigenvalue weighted by Gasteiger charge is 2.10. The van der Waals surface area contributed by atoms with Crippen LogP contribution in [0.3, 0.4) is 0 Å². The molecule has 0 aliphatic heterocycles. The summed E-state index contributed by atoms with van der Waals surface area (Å²) >= 11 is 0. The lowest BCUT2D eigenvalue weighted by molar-refractivity contribution is 0.0956. The van der Waals surface area contributed by atoms with E-state index >= 15 is 0 Å². The molecule has 0 spiro atoms. The smallest absolute Gasteiger partial charge is 0.273 e. The molecule has 5 nitrogen and oxygen atoms in total. The van der Waals surface area contributed by atoms with Gasteiger partial charge in [0.25, 0.3) is 5.91 Å². The fourth-order valence-corrected chi connectivity index (χ4v) is 2.05. The van der Waals surface area contributed by atoms with Gasteiger partial charge in [-0.1, -0.05) is 30.3 Å². The zero-order valence-electron chi connectivity index (χ0n) is 12.3. The van der Waals surface area contributed by atoms with Crippen LogP contribution < -0.4 is 10.7 Å². The van der Waals surface area contributed by atoms with E-state index in [2.05, 4.69) is 15.8 Å². The van der Waals surface area contributed by atoms with Crippen LogP contribution in [-0.4, -0.2) is 12.1 Å². The fraction of sp³-hybridized carbons (Fsp3) is 0. The van der Waals surface area contributed by atoms with E-state index in [-0.39, 0.29) is 5.91 Å². The minimum absolute atomic E-state index is 0.299. The van der Waals surface area contributed by atoms with Crippen molar-refractivity contribution in [1.82, 2.24) is 5.43 Å². The largest absolute Gasteiger partial charge is 0.463 e. The number of carbonyl (C=O) groups excluding carboxylic acids is 1. The van der Waals surface area contributed by atoms with Crippen LogP contribution in [0.15, 0.2) is 82.5 Å². The monoisotopic (exact) mass is 305 g/mol. The number of rotatable bonds is 5. The molecule has 3 aromatic rings. The summed E-state index contributed by atoms with van der Waals surface area (Å²) in [6.45, 7) is 0. The third-order valence-electron chi connectivity index (χ3n) is 3.13. The minimum Gasteiger partial charge on any atom is -0.463 e. The van der Waals surface area contributed by atoms with E-state index in [4.69, 9.17) is 4.42 Å². The van der Waals surface area contributed by atoms with Crippen molar-refractivity contribution in [1.29, 1.82) is 0 Å². The van der Waals surface area contributed by atoms with Crippen molar-refractivity contribution >= 4 is 23.5 Å². The molecule has 0 bridgehead atoms. The predicted octanol–water partition coefficient (Wildman–Crippen LogP) is 3.79. The van der Waals surface area contributed by atoms with Gasteiger partial charge in [0.05, 0.1) is 23.7 Å². The molecule has 0 saturated carbocycles. The summed E-state index contributed by atoms with van der Waals surface area (Å²) in [6, 6.07) is 20.4. The highest BCUT2D eigenvalue weighted by atomic mass is 16.3. The topological polar surface area (TPSA) is 66.6 Å². The van der Waals surface area contributed by atoms with Crippen LogP contribution >= 0.6 is 0 Å². The number of nitrogens with one attached hydrogen (secondary N) is 2. The molecule has 3 rings (SSSR count). The quantitative estimate of drug-likeness (QED) is 0.557. The van der Waals surface area contributed by atoms with Crippen LogP contribution in [0.25, 0.3) is 0 Å². The number of hydrazone groups is 1.